The zero-order valence-corrected chi connectivity index (χ0v) is 11.2. The first-order chi connectivity index (χ1) is 8.26. The standard InChI is InChI=1S/C14H19N3O/c1-6-14(2,3)16-13(18)10-7-8-12(17(4)5)11(15)9-10/h1,7-9H,15H2,2-5H3,(H,16,18). The van der Waals surface area contributed by atoms with E-state index in [1.54, 1.807) is 26.0 Å². The third kappa shape index (κ3) is 3.17. The van der Waals surface area contributed by atoms with Crippen LogP contribution in [0, 0.1) is 12.3 Å². The summed E-state index contributed by atoms with van der Waals surface area (Å²) in [5.74, 6) is 2.29. The van der Waals surface area contributed by atoms with E-state index in [4.69, 9.17) is 12.2 Å². The molecule has 0 aliphatic rings. The van der Waals surface area contributed by atoms with Crippen LogP contribution in [0.25, 0.3) is 0 Å². The summed E-state index contributed by atoms with van der Waals surface area (Å²) in [5.41, 5.74) is 7.16. The maximum Gasteiger partial charge on any atom is 0.252 e. The summed E-state index contributed by atoms with van der Waals surface area (Å²) in [6, 6.07) is 5.19. The summed E-state index contributed by atoms with van der Waals surface area (Å²) < 4.78 is 0. The Hall–Kier alpha value is -2.15. The number of hydrogen-bond acceptors (Lipinski definition) is 3. The average Bonchev–Trinajstić information content (AvgIpc) is 2.27. The van der Waals surface area contributed by atoms with Gasteiger partial charge >= 0.3 is 0 Å². The Morgan fingerprint density at radius 2 is 2.06 bits per heavy atom. The van der Waals surface area contributed by atoms with Gasteiger partial charge in [-0.05, 0) is 32.0 Å². The van der Waals surface area contributed by atoms with Crippen LogP contribution in [0.2, 0.25) is 0 Å². The molecule has 0 unspecified atom stereocenters. The highest BCUT2D eigenvalue weighted by molar-refractivity contribution is 5.96. The fourth-order valence-electron chi connectivity index (χ4n) is 1.50. The van der Waals surface area contributed by atoms with Crippen LogP contribution in [-0.4, -0.2) is 25.5 Å². The molecule has 0 radical (unpaired) electrons. The quantitative estimate of drug-likeness (QED) is 0.626. The predicted molar refractivity (Wildman–Crippen MR) is 75.6 cm³/mol. The second-order valence-corrected chi connectivity index (χ2v) is 4.89. The minimum absolute atomic E-state index is 0.227. The second kappa shape index (κ2) is 5.01. The molecule has 0 saturated carbocycles. The van der Waals surface area contributed by atoms with E-state index in [9.17, 15) is 4.79 Å². The van der Waals surface area contributed by atoms with Gasteiger partial charge in [0.2, 0.25) is 0 Å². The zero-order valence-electron chi connectivity index (χ0n) is 11.2. The van der Waals surface area contributed by atoms with Gasteiger partial charge in [-0.2, -0.15) is 0 Å². The lowest BCUT2D eigenvalue weighted by Gasteiger charge is -2.20. The highest BCUT2D eigenvalue weighted by Gasteiger charge is 2.18. The van der Waals surface area contributed by atoms with Crippen molar-refractivity contribution in [2.45, 2.75) is 19.4 Å². The van der Waals surface area contributed by atoms with E-state index in [1.165, 1.54) is 0 Å². The van der Waals surface area contributed by atoms with Crippen molar-refractivity contribution < 1.29 is 4.79 Å². The number of hydrogen-bond donors (Lipinski definition) is 2. The number of amides is 1. The Balaban J connectivity index is 2.96. The van der Waals surface area contributed by atoms with Gasteiger partial charge in [-0.25, -0.2) is 0 Å². The number of anilines is 2. The van der Waals surface area contributed by atoms with Gasteiger partial charge in [-0.1, -0.05) is 5.92 Å². The van der Waals surface area contributed by atoms with Crippen molar-refractivity contribution >= 4 is 17.3 Å². The number of benzene rings is 1. The van der Waals surface area contributed by atoms with Gasteiger partial charge < -0.3 is 16.0 Å². The van der Waals surface area contributed by atoms with Crippen molar-refractivity contribution in [1.82, 2.24) is 5.32 Å². The first kappa shape index (κ1) is 13.9. The van der Waals surface area contributed by atoms with Crippen molar-refractivity contribution in [1.29, 1.82) is 0 Å². The summed E-state index contributed by atoms with van der Waals surface area (Å²) in [6.07, 6.45) is 5.33. The summed E-state index contributed by atoms with van der Waals surface area (Å²) in [6.45, 7) is 3.53. The molecular weight excluding hydrogens is 226 g/mol. The van der Waals surface area contributed by atoms with E-state index < -0.39 is 5.54 Å². The van der Waals surface area contributed by atoms with Crippen LogP contribution < -0.4 is 16.0 Å². The average molecular weight is 245 g/mol. The molecule has 0 aliphatic carbocycles. The molecule has 18 heavy (non-hydrogen) atoms. The minimum atomic E-state index is -0.675. The Labute approximate surface area is 108 Å². The highest BCUT2D eigenvalue weighted by Crippen LogP contribution is 2.22. The Morgan fingerprint density at radius 3 is 2.50 bits per heavy atom. The van der Waals surface area contributed by atoms with Crippen molar-refractivity contribution in [3.8, 4) is 12.3 Å². The molecule has 96 valence electrons. The van der Waals surface area contributed by atoms with Crippen molar-refractivity contribution in [2.75, 3.05) is 24.7 Å². The number of rotatable bonds is 3. The maximum absolute atomic E-state index is 12.0. The molecule has 0 fully saturated rings. The maximum atomic E-state index is 12.0. The molecule has 4 nitrogen and oxygen atoms in total. The smallest absolute Gasteiger partial charge is 0.252 e. The predicted octanol–water partition coefficient (Wildman–Crippen LogP) is 1.48. The van der Waals surface area contributed by atoms with E-state index in [-0.39, 0.29) is 5.91 Å². The molecule has 0 saturated heterocycles. The Kier molecular flexibility index (Phi) is 3.87. The lowest BCUT2D eigenvalue weighted by Crippen LogP contribution is -2.42. The summed E-state index contributed by atoms with van der Waals surface area (Å²) in [7, 11) is 3.79. The largest absolute Gasteiger partial charge is 0.397 e. The van der Waals surface area contributed by atoms with Gasteiger partial charge in [0.15, 0.2) is 0 Å². The monoisotopic (exact) mass is 245 g/mol. The summed E-state index contributed by atoms with van der Waals surface area (Å²) in [5, 5.41) is 2.75. The number of carbonyl (C=O) groups excluding carboxylic acids is 1. The lowest BCUT2D eigenvalue weighted by molar-refractivity contribution is 0.0930. The number of nitrogens with two attached hydrogens (primary N) is 1. The molecule has 0 aliphatic heterocycles. The summed E-state index contributed by atoms with van der Waals surface area (Å²) >= 11 is 0. The van der Waals surface area contributed by atoms with Crippen LogP contribution in [-0.2, 0) is 0 Å². The molecule has 0 bridgehead atoms. The fourth-order valence-corrected chi connectivity index (χ4v) is 1.50. The topological polar surface area (TPSA) is 58.4 Å². The molecule has 0 heterocycles. The van der Waals surface area contributed by atoms with E-state index >= 15 is 0 Å². The Morgan fingerprint density at radius 1 is 1.44 bits per heavy atom. The molecule has 0 aromatic heterocycles. The van der Waals surface area contributed by atoms with E-state index in [1.807, 2.05) is 25.1 Å². The van der Waals surface area contributed by atoms with Gasteiger partial charge in [0.1, 0.15) is 0 Å². The first-order valence-corrected chi connectivity index (χ1v) is 5.64. The number of carbonyl (C=O) groups is 1. The van der Waals surface area contributed by atoms with Crippen LogP contribution in [0.4, 0.5) is 11.4 Å². The highest BCUT2D eigenvalue weighted by atomic mass is 16.1. The van der Waals surface area contributed by atoms with Crippen molar-refractivity contribution in [3.63, 3.8) is 0 Å². The molecule has 0 spiro atoms. The van der Waals surface area contributed by atoms with Crippen LogP contribution in [0.3, 0.4) is 0 Å². The fraction of sp³-hybridized carbons (Fsp3) is 0.357. The van der Waals surface area contributed by atoms with Gasteiger partial charge in [-0.3, -0.25) is 4.79 Å². The molecule has 4 heteroatoms. The van der Waals surface area contributed by atoms with Gasteiger partial charge in [0.25, 0.3) is 5.91 Å². The molecule has 3 N–H and O–H groups in total. The molecule has 1 aromatic carbocycles. The third-order valence-corrected chi connectivity index (χ3v) is 2.56. The number of nitrogens with one attached hydrogen (secondary N) is 1. The van der Waals surface area contributed by atoms with Crippen LogP contribution in [0.15, 0.2) is 18.2 Å². The van der Waals surface area contributed by atoms with E-state index in [2.05, 4.69) is 11.2 Å². The lowest BCUT2D eigenvalue weighted by atomic mass is 10.1. The van der Waals surface area contributed by atoms with Crippen molar-refractivity contribution in [3.05, 3.63) is 23.8 Å². The number of nitrogens with zero attached hydrogens (tertiary/aromatic N) is 1. The molecule has 1 rings (SSSR count). The minimum Gasteiger partial charge on any atom is -0.397 e. The zero-order chi connectivity index (χ0) is 13.9. The van der Waals surface area contributed by atoms with E-state index in [0.29, 0.717) is 11.3 Å². The second-order valence-electron chi connectivity index (χ2n) is 4.89. The third-order valence-electron chi connectivity index (χ3n) is 2.56. The molecule has 1 aromatic rings. The van der Waals surface area contributed by atoms with Crippen molar-refractivity contribution in [2.24, 2.45) is 0 Å². The number of nitrogen functional groups attached to an aromatic ring is 1. The molecule has 1 amide bonds. The first-order valence-electron chi connectivity index (χ1n) is 5.64. The Bertz CT molecular complexity index is 498. The number of terminal acetylenes is 1. The molecular formula is C14H19N3O. The van der Waals surface area contributed by atoms with Crippen LogP contribution in [0.5, 0.6) is 0 Å². The SMILES string of the molecule is C#CC(C)(C)NC(=O)c1ccc(N(C)C)c(N)c1. The van der Waals surface area contributed by atoms with Gasteiger partial charge in [0.05, 0.1) is 16.9 Å². The molecule has 0 atom stereocenters. The summed E-state index contributed by atoms with van der Waals surface area (Å²) in [4.78, 5) is 13.9. The van der Waals surface area contributed by atoms with Crippen LogP contribution in [0.1, 0.15) is 24.2 Å². The van der Waals surface area contributed by atoms with Gasteiger partial charge in [0, 0.05) is 19.7 Å². The van der Waals surface area contributed by atoms with Gasteiger partial charge in [-0.15, -0.1) is 6.42 Å². The van der Waals surface area contributed by atoms with E-state index in [0.717, 1.165) is 5.69 Å². The normalized spacial score (nSPS) is 10.6. The van der Waals surface area contributed by atoms with Crippen LogP contribution >= 0.6 is 0 Å².